The van der Waals surface area contributed by atoms with Gasteiger partial charge < -0.3 is 15.0 Å². The first-order valence-electron chi connectivity index (χ1n) is 9.93. The summed E-state index contributed by atoms with van der Waals surface area (Å²) in [4.78, 5) is 38.1. The van der Waals surface area contributed by atoms with E-state index in [0.717, 1.165) is 29.7 Å². The molecule has 3 rings (SSSR count). The van der Waals surface area contributed by atoms with Gasteiger partial charge in [-0.3, -0.25) is 19.7 Å². The molecule has 1 saturated heterocycles. The molecule has 1 atom stereocenters. The molecular weight excluding hydrogens is 386 g/mol. The molecule has 1 heterocycles. The molecule has 1 fully saturated rings. The number of nitro groups is 1. The zero-order valence-electron chi connectivity index (χ0n) is 17.3. The second-order valence-electron chi connectivity index (χ2n) is 7.17. The van der Waals surface area contributed by atoms with E-state index in [0.29, 0.717) is 5.75 Å². The Labute approximate surface area is 175 Å². The molecule has 0 aromatic heterocycles. The number of nitrogens with zero attached hydrogens (tertiary/aromatic N) is 2. The standard InChI is InChI=1S/C22H25N3O5/c1-4-14-7-6-8-15(5-2)21(14)24-13-16(11-20(24)26)22(27)23-18-12-17(30-3)9-10-19(18)25(28)29/h6-10,12,16H,4-5,11,13H2,1-3H3,(H,23,27)/t16-/m0/s1. The molecule has 0 saturated carbocycles. The highest BCUT2D eigenvalue weighted by atomic mass is 16.6. The zero-order chi connectivity index (χ0) is 21.8. The average Bonchev–Trinajstić information content (AvgIpc) is 3.14. The summed E-state index contributed by atoms with van der Waals surface area (Å²) in [6.45, 7) is 4.31. The number of ether oxygens (including phenoxy) is 1. The zero-order valence-corrected chi connectivity index (χ0v) is 17.3. The van der Waals surface area contributed by atoms with Gasteiger partial charge in [0.15, 0.2) is 0 Å². The van der Waals surface area contributed by atoms with E-state index in [1.807, 2.05) is 32.0 Å². The maximum atomic E-state index is 12.9. The Hall–Kier alpha value is -3.42. The number of hydrogen-bond donors (Lipinski definition) is 1. The summed E-state index contributed by atoms with van der Waals surface area (Å²) in [5, 5.41) is 13.9. The number of anilines is 2. The van der Waals surface area contributed by atoms with Crippen molar-refractivity contribution < 1.29 is 19.2 Å². The molecule has 158 valence electrons. The van der Waals surface area contributed by atoms with Crippen LogP contribution in [0, 0.1) is 16.0 Å². The number of benzene rings is 2. The van der Waals surface area contributed by atoms with Gasteiger partial charge in [0.05, 0.1) is 18.0 Å². The monoisotopic (exact) mass is 411 g/mol. The maximum absolute atomic E-state index is 12.9. The third kappa shape index (κ3) is 4.12. The van der Waals surface area contributed by atoms with Crippen LogP contribution in [0.3, 0.4) is 0 Å². The highest BCUT2D eigenvalue weighted by Crippen LogP contribution is 2.34. The second-order valence-corrected chi connectivity index (χ2v) is 7.17. The number of nitro benzene ring substituents is 1. The molecule has 30 heavy (non-hydrogen) atoms. The molecule has 1 aliphatic heterocycles. The number of aryl methyl sites for hydroxylation is 2. The lowest BCUT2D eigenvalue weighted by atomic mass is 10.0. The predicted molar refractivity (Wildman–Crippen MR) is 114 cm³/mol. The molecule has 0 radical (unpaired) electrons. The van der Waals surface area contributed by atoms with Gasteiger partial charge in [-0.2, -0.15) is 0 Å². The van der Waals surface area contributed by atoms with E-state index in [2.05, 4.69) is 5.32 Å². The first-order valence-corrected chi connectivity index (χ1v) is 9.93. The molecule has 1 aliphatic rings. The minimum absolute atomic E-state index is 0.0541. The number of carbonyl (C=O) groups is 2. The molecule has 8 heteroatoms. The summed E-state index contributed by atoms with van der Waals surface area (Å²) in [6, 6.07) is 10.1. The fourth-order valence-corrected chi connectivity index (χ4v) is 3.80. The van der Waals surface area contributed by atoms with E-state index in [9.17, 15) is 19.7 Å². The van der Waals surface area contributed by atoms with Crippen LogP contribution in [0.15, 0.2) is 36.4 Å². The summed E-state index contributed by atoms with van der Waals surface area (Å²) < 4.78 is 5.10. The van der Waals surface area contributed by atoms with Gasteiger partial charge in [0, 0.05) is 30.8 Å². The molecule has 8 nitrogen and oxygen atoms in total. The fourth-order valence-electron chi connectivity index (χ4n) is 3.80. The number of hydrogen-bond acceptors (Lipinski definition) is 5. The molecule has 2 amide bonds. The normalized spacial score (nSPS) is 15.9. The lowest BCUT2D eigenvalue weighted by Gasteiger charge is -2.23. The number of para-hydroxylation sites is 1. The molecular formula is C22H25N3O5. The first kappa shape index (κ1) is 21.3. The molecule has 0 unspecified atom stereocenters. The van der Waals surface area contributed by atoms with Crippen LogP contribution in [0.5, 0.6) is 5.75 Å². The smallest absolute Gasteiger partial charge is 0.293 e. The topological polar surface area (TPSA) is 102 Å². The van der Waals surface area contributed by atoms with E-state index in [1.54, 1.807) is 4.90 Å². The quantitative estimate of drug-likeness (QED) is 0.553. The molecule has 2 aromatic carbocycles. The molecule has 1 N–H and O–H groups in total. The van der Waals surface area contributed by atoms with Gasteiger partial charge >= 0.3 is 0 Å². The van der Waals surface area contributed by atoms with Crippen LogP contribution < -0.4 is 15.0 Å². The van der Waals surface area contributed by atoms with Crippen molar-refractivity contribution in [2.75, 3.05) is 23.9 Å². The summed E-state index contributed by atoms with van der Waals surface area (Å²) in [5.41, 5.74) is 2.84. The predicted octanol–water partition coefficient (Wildman–Crippen LogP) is 3.72. The van der Waals surface area contributed by atoms with E-state index in [1.165, 1.54) is 25.3 Å². The maximum Gasteiger partial charge on any atom is 0.293 e. The van der Waals surface area contributed by atoms with Crippen molar-refractivity contribution in [2.45, 2.75) is 33.1 Å². The Balaban J connectivity index is 1.84. The van der Waals surface area contributed by atoms with Gasteiger partial charge in [-0.05, 0) is 30.0 Å². The van der Waals surface area contributed by atoms with Crippen LogP contribution in [0.1, 0.15) is 31.4 Å². The first-order chi connectivity index (χ1) is 14.4. The minimum Gasteiger partial charge on any atom is -0.497 e. The Morgan fingerprint density at radius 2 is 1.90 bits per heavy atom. The minimum atomic E-state index is -0.599. The number of methoxy groups -OCH3 is 1. The van der Waals surface area contributed by atoms with Gasteiger partial charge in [0.1, 0.15) is 11.4 Å². The Morgan fingerprint density at radius 1 is 1.23 bits per heavy atom. The molecule has 2 aromatic rings. The van der Waals surface area contributed by atoms with E-state index >= 15 is 0 Å². The van der Waals surface area contributed by atoms with Crippen LogP contribution in [0.4, 0.5) is 17.1 Å². The Morgan fingerprint density at radius 3 is 2.47 bits per heavy atom. The fraction of sp³-hybridized carbons (Fsp3) is 0.364. The Kier molecular flexibility index (Phi) is 6.34. The van der Waals surface area contributed by atoms with Crippen molar-refractivity contribution in [1.82, 2.24) is 0 Å². The van der Waals surface area contributed by atoms with Crippen molar-refractivity contribution in [3.63, 3.8) is 0 Å². The van der Waals surface area contributed by atoms with Crippen LogP contribution in [-0.4, -0.2) is 30.4 Å². The summed E-state index contributed by atoms with van der Waals surface area (Å²) in [5.74, 6) is -0.748. The summed E-state index contributed by atoms with van der Waals surface area (Å²) >= 11 is 0. The van der Waals surface area contributed by atoms with Gasteiger partial charge in [-0.25, -0.2) is 0 Å². The van der Waals surface area contributed by atoms with Crippen LogP contribution in [-0.2, 0) is 22.4 Å². The average molecular weight is 411 g/mol. The van der Waals surface area contributed by atoms with Crippen molar-refractivity contribution >= 4 is 28.9 Å². The highest BCUT2D eigenvalue weighted by molar-refractivity contribution is 6.04. The van der Waals surface area contributed by atoms with E-state index < -0.39 is 16.7 Å². The van der Waals surface area contributed by atoms with Gasteiger partial charge in [0.2, 0.25) is 11.8 Å². The molecule has 0 aliphatic carbocycles. The molecule has 0 bridgehead atoms. The van der Waals surface area contributed by atoms with Gasteiger partial charge in [-0.1, -0.05) is 32.0 Å². The Bertz CT molecular complexity index is 966. The SMILES string of the molecule is CCc1cccc(CC)c1N1C[C@@H](C(=O)Nc2cc(OC)ccc2[N+](=O)[O-])CC1=O. The number of rotatable bonds is 7. The second kappa shape index (κ2) is 8.94. The summed E-state index contributed by atoms with van der Waals surface area (Å²) in [6.07, 6.45) is 1.62. The molecule has 0 spiro atoms. The lowest BCUT2D eigenvalue weighted by Crippen LogP contribution is -2.29. The van der Waals surface area contributed by atoms with Crippen LogP contribution in [0.2, 0.25) is 0 Å². The van der Waals surface area contributed by atoms with Crippen LogP contribution in [0.25, 0.3) is 0 Å². The number of carbonyl (C=O) groups excluding carboxylic acids is 2. The third-order valence-corrected chi connectivity index (χ3v) is 5.39. The highest BCUT2D eigenvalue weighted by Gasteiger charge is 2.37. The van der Waals surface area contributed by atoms with Crippen molar-refractivity contribution in [2.24, 2.45) is 5.92 Å². The summed E-state index contributed by atoms with van der Waals surface area (Å²) in [7, 11) is 1.44. The largest absolute Gasteiger partial charge is 0.497 e. The number of amides is 2. The van der Waals surface area contributed by atoms with Crippen molar-refractivity contribution in [1.29, 1.82) is 0 Å². The van der Waals surface area contributed by atoms with E-state index in [4.69, 9.17) is 4.74 Å². The van der Waals surface area contributed by atoms with Gasteiger partial charge in [0.25, 0.3) is 5.69 Å². The van der Waals surface area contributed by atoms with E-state index in [-0.39, 0.29) is 30.2 Å². The number of nitrogens with one attached hydrogen (secondary N) is 1. The third-order valence-electron chi connectivity index (χ3n) is 5.39. The van der Waals surface area contributed by atoms with Crippen molar-refractivity contribution in [3.8, 4) is 5.75 Å². The van der Waals surface area contributed by atoms with Crippen molar-refractivity contribution in [3.05, 3.63) is 57.6 Å². The lowest BCUT2D eigenvalue weighted by molar-refractivity contribution is -0.383. The van der Waals surface area contributed by atoms with Gasteiger partial charge in [-0.15, -0.1) is 0 Å². The van der Waals surface area contributed by atoms with Crippen LogP contribution >= 0.6 is 0 Å².